The molecule has 0 amide bonds. The van der Waals surface area contributed by atoms with Crippen LogP contribution in [0.25, 0.3) is 0 Å². The second-order valence-electron chi connectivity index (χ2n) is 3.58. The van der Waals surface area contributed by atoms with E-state index in [4.69, 9.17) is 11.6 Å². The molecule has 0 fully saturated rings. The van der Waals surface area contributed by atoms with Gasteiger partial charge in [-0.1, -0.05) is 27.5 Å². The van der Waals surface area contributed by atoms with Crippen LogP contribution >= 0.6 is 27.5 Å². The van der Waals surface area contributed by atoms with Crippen molar-refractivity contribution in [3.63, 3.8) is 0 Å². The fourth-order valence-electron chi connectivity index (χ4n) is 1.49. The first kappa shape index (κ1) is 13.2. The third-order valence-electron chi connectivity index (χ3n) is 2.35. The molecule has 0 unspecified atom stereocenters. The van der Waals surface area contributed by atoms with Gasteiger partial charge >= 0.3 is 0 Å². The van der Waals surface area contributed by atoms with Gasteiger partial charge in [-0.25, -0.2) is 8.78 Å². The molecule has 0 spiro atoms. The Morgan fingerprint density at radius 2 is 1.56 bits per heavy atom. The molecular formula is C13H6BrClF2O. The molecule has 2 rings (SSSR count). The van der Waals surface area contributed by atoms with Gasteiger partial charge in [0.2, 0.25) is 0 Å². The van der Waals surface area contributed by atoms with E-state index in [2.05, 4.69) is 15.9 Å². The predicted octanol–water partition coefficient (Wildman–Crippen LogP) is 4.61. The van der Waals surface area contributed by atoms with Gasteiger partial charge in [0, 0.05) is 9.50 Å². The van der Waals surface area contributed by atoms with E-state index in [0.717, 1.165) is 12.1 Å². The highest BCUT2D eigenvalue weighted by atomic mass is 79.9. The minimum Gasteiger partial charge on any atom is -0.288 e. The van der Waals surface area contributed by atoms with E-state index in [1.54, 1.807) is 0 Å². The molecule has 0 N–H and O–H groups in total. The Morgan fingerprint density at radius 3 is 2.22 bits per heavy atom. The third kappa shape index (κ3) is 2.60. The van der Waals surface area contributed by atoms with Gasteiger partial charge in [0.25, 0.3) is 0 Å². The van der Waals surface area contributed by atoms with Gasteiger partial charge < -0.3 is 0 Å². The maximum absolute atomic E-state index is 13.5. The molecule has 0 aliphatic rings. The minimum atomic E-state index is -0.742. The molecule has 2 aromatic carbocycles. The van der Waals surface area contributed by atoms with Gasteiger partial charge in [-0.3, -0.25) is 4.79 Å². The van der Waals surface area contributed by atoms with Crippen LogP contribution in [0.1, 0.15) is 15.9 Å². The molecule has 0 aliphatic heterocycles. The molecule has 0 bridgehead atoms. The molecule has 0 saturated heterocycles. The zero-order valence-electron chi connectivity index (χ0n) is 8.88. The van der Waals surface area contributed by atoms with Crippen LogP contribution in [0.3, 0.4) is 0 Å². The van der Waals surface area contributed by atoms with Gasteiger partial charge in [-0.2, -0.15) is 0 Å². The lowest BCUT2D eigenvalue weighted by Gasteiger charge is -2.05. The van der Waals surface area contributed by atoms with Crippen molar-refractivity contribution in [2.24, 2.45) is 0 Å². The van der Waals surface area contributed by atoms with Crippen molar-refractivity contribution in [2.75, 3.05) is 0 Å². The molecule has 2 aromatic rings. The number of hydrogen-bond acceptors (Lipinski definition) is 1. The number of ketones is 1. The zero-order chi connectivity index (χ0) is 13.3. The Kier molecular flexibility index (Phi) is 3.78. The van der Waals surface area contributed by atoms with Crippen LogP contribution in [0.15, 0.2) is 40.9 Å². The summed E-state index contributed by atoms with van der Waals surface area (Å²) in [6.07, 6.45) is 0. The number of benzene rings is 2. The second-order valence-corrected chi connectivity index (χ2v) is 4.93. The first-order valence-electron chi connectivity index (χ1n) is 4.94. The van der Waals surface area contributed by atoms with E-state index in [-0.39, 0.29) is 16.1 Å². The highest BCUT2D eigenvalue weighted by Crippen LogP contribution is 2.22. The van der Waals surface area contributed by atoms with Crippen LogP contribution in [0.2, 0.25) is 5.02 Å². The Balaban J connectivity index is 2.54. The van der Waals surface area contributed by atoms with Crippen molar-refractivity contribution in [2.45, 2.75) is 0 Å². The Morgan fingerprint density at radius 1 is 1.00 bits per heavy atom. The fourth-order valence-corrected chi connectivity index (χ4v) is 2.02. The molecule has 0 atom stereocenters. The van der Waals surface area contributed by atoms with Crippen molar-refractivity contribution in [1.82, 2.24) is 0 Å². The van der Waals surface area contributed by atoms with E-state index in [9.17, 15) is 13.6 Å². The van der Waals surface area contributed by atoms with Crippen molar-refractivity contribution in [1.29, 1.82) is 0 Å². The Hall–Kier alpha value is -1.26. The lowest BCUT2D eigenvalue weighted by molar-refractivity contribution is 0.103. The van der Waals surface area contributed by atoms with Crippen molar-refractivity contribution in [3.8, 4) is 0 Å². The third-order valence-corrected chi connectivity index (χ3v) is 3.07. The monoisotopic (exact) mass is 330 g/mol. The van der Waals surface area contributed by atoms with E-state index < -0.39 is 17.4 Å². The molecule has 0 aliphatic carbocycles. The summed E-state index contributed by atoms with van der Waals surface area (Å²) in [7, 11) is 0. The summed E-state index contributed by atoms with van der Waals surface area (Å²) < 4.78 is 27.6. The molecule has 5 heteroatoms. The molecular weight excluding hydrogens is 325 g/mol. The van der Waals surface area contributed by atoms with E-state index in [0.29, 0.717) is 4.47 Å². The van der Waals surface area contributed by atoms with Gasteiger partial charge in [-0.05, 0) is 36.4 Å². The first-order valence-corrected chi connectivity index (χ1v) is 6.11. The predicted molar refractivity (Wildman–Crippen MR) is 68.9 cm³/mol. The SMILES string of the molecule is O=C(c1cc(Cl)ccc1F)c1cc(Br)ccc1F. The van der Waals surface area contributed by atoms with Gasteiger partial charge in [-0.15, -0.1) is 0 Å². The normalized spacial score (nSPS) is 10.4. The molecule has 1 nitrogen and oxygen atoms in total. The lowest BCUT2D eigenvalue weighted by Crippen LogP contribution is -2.06. The summed E-state index contributed by atoms with van der Waals surface area (Å²) in [5.74, 6) is -2.18. The number of halogens is 4. The number of hydrogen-bond donors (Lipinski definition) is 0. The highest BCUT2D eigenvalue weighted by Gasteiger charge is 2.18. The fraction of sp³-hybridized carbons (Fsp3) is 0. The van der Waals surface area contributed by atoms with Crippen molar-refractivity contribution >= 4 is 33.3 Å². The molecule has 92 valence electrons. The Bertz CT molecular complexity index is 575. The van der Waals surface area contributed by atoms with Crippen LogP contribution in [-0.2, 0) is 0 Å². The van der Waals surface area contributed by atoms with Crippen LogP contribution in [0.5, 0.6) is 0 Å². The molecule has 0 aromatic heterocycles. The molecule has 18 heavy (non-hydrogen) atoms. The van der Waals surface area contributed by atoms with E-state index in [1.165, 1.54) is 24.3 Å². The molecule has 0 radical (unpaired) electrons. The van der Waals surface area contributed by atoms with Gasteiger partial charge in [0.05, 0.1) is 11.1 Å². The van der Waals surface area contributed by atoms with Gasteiger partial charge in [0.1, 0.15) is 11.6 Å². The maximum atomic E-state index is 13.5. The van der Waals surface area contributed by atoms with Crippen LogP contribution in [0, 0.1) is 11.6 Å². The summed E-state index contributed by atoms with van der Waals surface area (Å²) in [6, 6.07) is 7.48. The van der Waals surface area contributed by atoms with Crippen LogP contribution in [0.4, 0.5) is 8.78 Å². The maximum Gasteiger partial charge on any atom is 0.199 e. The average molecular weight is 332 g/mol. The first-order chi connectivity index (χ1) is 8.49. The smallest absolute Gasteiger partial charge is 0.199 e. The highest BCUT2D eigenvalue weighted by molar-refractivity contribution is 9.10. The topological polar surface area (TPSA) is 17.1 Å². The van der Waals surface area contributed by atoms with Crippen LogP contribution in [-0.4, -0.2) is 5.78 Å². The van der Waals surface area contributed by atoms with E-state index in [1.807, 2.05) is 0 Å². The van der Waals surface area contributed by atoms with Crippen molar-refractivity contribution in [3.05, 3.63) is 68.7 Å². The lowest BCUT2D eigenvalue weighted by atomic mass is 10.0. The molecule has 0 saturated carbocycles. The average Bonchev–Trinajstić information content (AvgIpc) is 2.34. The largest absolute Gasteiger partial charge is 0.288 e. The quantitative estimate of drug-likeness (QED) is 0.734. The summed E-state index contributed by atoms with van der Waals surface area (Å²) in [4.78, 5) is 12.0. The minimum absolute atomic E-state index is 0.203. The second kappa shape index (κ2) is 5.16. The van der Waals surface area contributed by atoms with Crippen molar-refractivity contribution < 1.29 is 13.6 Å². The zero-order valence-corrected chi connectivity index (χ0v) is 11.2. The molecule has 0 heterocycles. The summed E-state index contributed by atoms with van der Waals surface area (Å²) in [5.41, 5.74) is -0.454. The summed E-state index contributed by atoms with van der Waals surface area (Å²) in [5, 5.41) is 0.218. The number of rotatable bonds is 2. The van der Waals surface area contributed by atoms with E-state index >= 15 is 0 Å². The Labute approximate surface area is 116 Å². The number of carbonyl (C=O) groups is 1. The summed E-state index contributed by atoms with van der Waals surface area (Å²) in [6.45, 7) is 0. The number of carbonyl (C=O) groups excluding carboxylic acids is 1. The van der Waals surface area contributed by atoms with Gasteiger partial charge in [0.15, 0.2) is 5.78 Å². The van der Waals surface area contributed by atoms with Crippen LogP contribution < -0.4 is 0 Å². The summed E-state index contributed by atoms with van der Waals surface area (Å²) >= 11 is 8.83. The standard InChI is InChI=1S/C13H6BrClF2O/c14-7-1-3-11(16)9(5-7)13(18)10-6-8(15)2-4-12(10)17/h1-6H.